The van der Waals surface area contributed by atoms with Gasteiger partial charge in [0.15, 0.2) is 0 Å². The number of hydrogen-bond acceptors (Lipinski definition) is 3. The standard InChI is InChI=1S/C16H18N2O2/c19-16(20)14-8-2-1-5-11-18(14)15-10-9-12-6-3-4-7-13(12)17-15/h3-4,6-7,9-10,14H,1-2,5,8,11H2,(H,19,20). The average molecular weight is 270 g/mol. The predicted octanol–water partition coefficient (Wildman–Crippen LogP) is 3.07. The van der Waals surface area contributed by atoms with Gasteiger partial charge in [-0.3, -0.25) is 0 Å². The highest BCUT2D eigenvalue weighted by molar-refractivity contribution is 5.82. The highest BCUT2D eigenvalue weighted by atomic mass is 16.4. The van der Waals surface area contributed by atoms with E-state index >= 15 is 0 Å². The largest absolute Gasteiger partial charge is 0.480 e. The molecule has 1 N–H and O–H groups in total. The lowest BCUT2D eigenvalue weighted by Crippen LogP contribution is -2.41. The number of aliphatic carboxylic acids is 1. The van der Waals surface area contributed by atoms with Crippen LogP contribution in [-0.2, 0) is 4.79 Å². The molecular weight excluding hydrogens is 252 g/mol. The van der Waals surface area contributed by atoms with Crippen molar-refractivity contribution in [1.82, 2.24) is 4.98 Å². The van der Waals surface area contributed by atoms with E-state index in [4.69, 9.17) is 0 Å². The zero-order valence-corrected chi connectivity index (χ0v) is 11.3. The van der Waals surface area contributed by atoms with Crippen molar-refractivity contribution in [3.05, 3.63) is 36.4 Å². The molecule has 1 fully saturated rings. The van der Waals surface area contributed by atoms with E-state index < -0.39 is 12.0 Å². The van der Waals surface area contributed by atoms with Crippen molar-refractivity contribution in [2.45, 2.75) is 31.7 Å². The predicted molar refractivity (Wildman–Crippen MR) is 79.0 cm³/mol. The number of hydrogen-bond donors (Lipinski definition) is 1. The monoisotopic (exact) mass is 270 g/mol. The van der Waals surface area contributed by atoms with Gasteiger partial charge in [-0.2, -0.15) is 0 Å². The van der Waals surface area contributed by atoms with Crippen LogP contribution in [-0.4, -0.2) is 28.6 Å². The van der Waals surface area contributed by atoms with Gasteiger partial charge in [0.1, 0.15) is 11.9 Å². The second-order valence-electron chi connectivity index (χ2n) is 5.26. The molecule has 1 atom stereocenters. The molecule has 0 aliphatic carbocycles. The average Bonchev–Trinajstić information content (AvgIpc) is 2.72. The van der Waals surface area contributed by atoms with Gasteiger partial charge in [0.2, 0.25) is 0 Å². The second-order valence-corrected chi connectivity index (χ2v) is 5.26. The van der Waals surface area contributed by atoms with Gasteiger partial charge in [0, 0.05) is 11.9 Å². The first-order valence-corrected chi connectivity index (χ1v) is 7.11. The topological polar surface area (TPSA) is 53.4 Å². The number of fused-ring (bicyclic) bond motifs is 1. The summed E-state index contributed by atoms with van der Waals surface area (Å²) in [5.74, 6) is 0.0276. The third kappa shape index (κ3) is 2.46. The SMILES string of the molecule is O=C(O)C1CCCCCN1c1ccc2ccccc2n1. The number of benzene rings is 1. The Bertz CT molecular complexity index is 627. The van der Waals surface area contributed by atoms with E-state index in [1.54, 1.807) is 0 Å². The number of nitrogens with zero attached hydrogens (tertiary/aromatic N) is 2. The van der Waals surface area contributed by atoms with Crippen LogP contribution in [0.25, 0.3) is 10.9 Å². The molecule has 0 spiro atoms. The maximum Gasteiger partial charge on any atom is 0.326 e. The third-order valence-corrected chi connectivity index (χ3v) is 3.92. The Morgan fingerprint density at radius 1 is 1.15 bits per heavy atom. The number of carbonyl (C=O) groups is 1. The zero-order chi connectivity index (χ0) is 13.9. The third-order valence-electron chi connectivity index (χ3n) is 3.92. The molecule has 3 rings (SSSR count). The lowest BCUT2D eigenvalue weighted by molar-refractivity contribution is -0.138. The first-order valence-electron chi connectivity index (χ1n) is 7.11. The van der Waals surface area contributed by atoms with Crippen molar-refractivity contribution in [2.75, 3.05) is 11.4 Å². The minimum Gasteiger partial charge on any atom is -0.480 e. The molecule has 4 nitrogen and oxygen atoms in total. The molecule has 1 saturated heterocycles. The molecule has 1 aliphatic heterocycles. The minimum absolute atomic E-state index is 0.453. The summed E-state index contributed by atoms with van der Waals surface area (Å²) >= 11 is 0. The van der Waals surface area contributed by atoms with Crippen LogP contribution in [0.15, 0.2) is 36.4 Å². The summed E-state index contributed by atoms with van der Waals surface area (Å²) in [6.07, 6.45) is 3.79. The first-order chi connectivity index (χ1) is 9.75. The fourth-order valence-electron chi connectivity index (χ4n) is 2.85. The van der Waals surface area contributed by atoms with E-state index in [0.29, 0.717) is 6.42 Å². The van der Waals surface area contributed by atoms with Gasteiger partial charge in [-0.15, -0.1) is 0 Å². The molecule has 104 valence electrons. The fraction of sp³-hybridized carbons (Fsp3) is 0.375. The summed E-state index contributed by atoms with van der Waals surface area (Å²) in [6, 6.07) is 11.4. The minimum atomic E-state index is -0.748. The quantitative estimate of drug-likeness (QED) is 0.911. The first kappa shape index (κ1) is 12.9. The zero-order valence-electron chi connectivity index (χ0n) is 11.3. The van der Waals surface area contributed by atoms with Gasteiger partial charge in [-0.25, -0.2) is 9.78 Å². The summed E-state index contributed by atoms with van der Waals surface area (Å²) in [6.45, 7) is 0.766. The molecule has 20 heavy (non-hydrogen) atoms. The van der Waals surface area contributed by atoms with Gasteiger partial charge in [0.25, 0.3) is 0 Å². The number of anilines is 1. The summed E-state index contributed by atoms with van der Waals surface area (Å²) in [7, 11) is 0. The highest BCUT2D eigenvalue weighted by Gasteiger charge is 2.28. The van der Waals surface area contributed by atoms with Crippen LogP contribution in [0.1, 0.15) is 25.7 Å². The van der Waals surface area contributed by atoms with Crippen LogP contribution in [0.5, 0.6) is 0 Å². The van der Waals surface area contributed by atoms with E-state index in [0.717, 1.165) is 42.5 Å². The molecule has 1 aliphatic rings. The van der Waals surface area contributed by atoms with Gasteiger partial charge in [-0.1, -0.05) is 31.0 Å². The van der Waals surface area contributed by atoms with Gasteiger partial charge in [-0.05, 0) is 31.0 Å². The summed E-state index contributed by atoms with van der Waals surface area (Å²) in [5.41, 5.74) is 0.915. The van der Waals surface area contributed by atoms with Gasteiger partial charge >= 0.3 is 5.97 Å². The maximum atomic E-state index is 11.5. The van der Waals surface area contributed by atoms with Gasteiger partial charge < -0.3 is 10.0 Å². The Hall–Kier alpha value is -2.10. The Morgan fingerprint density at radius 3 is 2.85 bits per heavy atom. The number of pyridine rings is 1. The molecule has 1 unspecified atom stereocenters. The van der Waals surface area contributed by atoms with Crippen molar-refractivity contribution >= 4 is 22.7 Å². The van der Waals surface area contributed by atoms with Crippen LogP contribution in [0.4, 0.5) is 5.82 Å². The van der Waals surface area contributed by atoms with Crippen molar-refractivity contribution in [2.24, 2.45) is 0 Å². The van der Waals surface area contributed by atoms with Gasteiger partial charge in [0.05, 0.1) is 5.52 Å². The molecular formula is C16H18N2O2. The number of rotatable bonds is 2. The van der Waals surface area contributed by atoms with Crippen LogP contribution in [0.3, 0.4) is 0 Å². The van der Waals surface area contributed by atoms with Crippen molar-refractivity contribution in [3.63, 3.8) is 0 Å². The van der Waals surface area contributed by atoms with Crippen molar-refractivity contribution < 1.29 is 9.90 Å². The molecule has 1 aromatic carbocycles. The Morgan fingerprint density at radius 2 is 2.00 bits per heavy atom. The Kier molecular flexibility index (Phi) is 3.54. The lowest BCUT2D eigenvalue weighted by Gasteiger charge is -2.28. The molecule has 2 heterocycles. The number of aromatic nitrogens is 1. The molecule has 2 aromatic rings. The summed E-state index contributed by atoms with van der Waals surface area (Å²) in [5, 5.41) is 10.5. The van der Waals surface area contributed by atoms with E-state index in [2.05, 4.69) is 4.98 Å². The molecule has 0 amide bonds. The van der Waals surface area contributed by atoms with E-state index in [1.165, 1.54) is 0 Å². The normalized spacial score (nSPS) is 19.8. The summed E-state index contributed by atoms with van der Waals surface area (Å²) < 4.78 is 0. The lowest BCUT2D eigenvalue weighted by atomic mass is 10.1. The molecule has 0 radical (unpaired) electrons. The molecule has 0 bridgehead atoms. The van der Waals surface area contributed by atoms with E-state index in [-0.39, 0.29) is 0 Å². The highest BCUT2D eigenvalue weighted by Crippen LogP contribution is 2.25. The number of para-hydroxylation sites is 1. The van der Waals surface area contributed by atoms with Crippen LogP contribution in [0.2, 0.25) is 0 Å². The number of carboxylic acid groups (broad SMARTS) is 1. The molecule has 1 aromatic heterocycles. The van der Waals surface area contributed by atoms with Crippen molar-refractivity contribution in [1.29, 1.82) is 0 Å². The summed E-state index contributed by atoms with van der Waals surface area (Å²) in [4.78, 5) is 18.1. The second kappa shape index (κ2) is 5.49. The fourth-order valence-corrected chi connectivity index (χ4v) is 2.85. The smallest absolute Gasteiger partial charge is 0.326 e. The van der Waals surface area contributed by atoms with Crippen molar-refractivity contribution in [3.8, 4) is 0 Å². The van der Waals surface area contributed by atoms with E-state index in [9.17, 15) is 9.90 Å². The maximum absolute atomic E-state index is 11.5. The van der Waals surface area contributed by atoms with Crippen LogP contribution in [0, 0.1) is 0 Å². The van der Waals surface area contributed by atoms with E-state index in [1.807, 2.05) is 41.3 Å². The Labute approximate surface area is 118 Å². The van der Waals surface area contributed by atoms with Crippen LogP contribution < -0.4 is 4.90 Å². The number of carboxylic acids is 1. The molecule has 0 saturated carbocycles. The Balaban J connectivity index is 2.00. The molecule has 4 heteroatoms. The van der Waals surface area contributed by atoms with Crippen LogP contribution >= 0.6 is 0 Å².